The number of oxazole rings is 1. The maximum atomic E-state index is 5.98. The van der Waals surface area contributed by atoms with E-state index in [0.717, 1.165) is 22.8 Å². The van der Waals surface area contributed by atoms with Crippen LogP contribution in [0.2, 0.25) is 0 Å². The first-order valence-corrected chi connectivity index (χ1v) is 6.89. The van der Waals surface area contributed by atoms with E-state index in [2.05, 4.69) is 36.2 Å². The van der Waals surface area contributed by atoms with E-state index in [4.69, 9.17) is 10.2 Å². The molecule has 3 nitrogen and oxygen atoms in total. The lowest BCUT2D eigenvalue weighted by molar-refractivity contribution is 0.431. The van der Waals surface area contributed by atoms with Gasteiger partial charge in [0.1, 0.15) is 5.76 Å². The van der Waals surface area contributed by atoms with Crippen LogP contribution in [-0.4, -0.2) is 4.98 Å². The van der Waals surface area contributed by atoms with Crippen LogP contribution in [0.4, 0.5) is 0 Å². The summed E-state index contributed by atoms with van der Waals surface area (Å²) in [5.74, 6) is 0.877. The fourth-order valence-corrected chi connectivity index (χ4v) is 2.43. The van der Waals surface area contributed by atoms with Crippen LogP contribution in [0, 0.1) is 13.8 Å². The summed E-state index contributed by atoms with van der Waals surface area (Å²) in [5, 5.41) is 0.692. The molecule has 0 saturated heterocycles. The summed E-state index contributed by atoms with van der Waals surface area (Å²) in [6.07, 6.45) is 0.949. The number of aryl methyl sites for hydroxylation is 2. The Morgan fingerprint density at radius 1 is 1.28 bits per heavy atom. The molecule has 2 rings (SSSR count). The third-order valence-electron chi connectivity index (χ3n) is 2.96. The van der Waals surface area contributed by atoms with Gasteiger partial charge in [0, 0.05) is 10.9 Å². The topological polar surface area (TPSA) is 52.0 Å². The SMILES string of the molecule is CC[C@H](N)c1ccc(Sc2nc(C)c(C)o2)cc1. The van der Waals surface area contributed by atoms with E-state index in [1.807, 2.05) is 13.8 Å². The zero-order valence-electron chi connectivity index (χ0n) is 10.9. The quantitative estimate of drug-likeness (QED) is 0.909. The molecule has 1 heterocycles. The number of rotatable bonds is 4. The van der Waals surface area contributed by atoms with E-state index in [1.54, 1.807) is 0 Å². The molecule has 0 fully saturated rings. The Morgan fingerprint density at radius 3 is 2.44 bits per heavy atom. The monoisotopic (exact) mass is 262 g/mol. The molecule has 0 aliphatic rings. The minimum Gasteiger partial charge on any atom is -0.436 e. The highest BCUT2D eigenvalue weighted by atomic mass is 32.2. The van der Waals surface area contributed by atoms with Crippen LogP contribution in [0.3, 0.4) is 0 Å². The molecule has 0 saturated carbocycles. The van der Waals surface area contributed by atoms with Gasteiger partial charge in [-0.2, -0.15) is 0 Å². The molecule has 0 bridgehead atoms. The Bertz CT molecular complexity index is 500. The van der Waals surface area contributed by atoms with Gasteiger partial charge in [-0.1, -0.05) is 19.1 Å². The second-order valence-electron chi connectivity index (χ2n) is 4.31. The maximum absolute atomic E-state index is 5.98. The van der Waals surface area contributed by atoms with Crippen molar-refractivity contribution in [1.82, 2.24) is 4.98 Å². The largest absolute Gasteiger partial charge is 0.436 e. The van der Waals surface area contributed by atoms with Gasteiger partial charge in [-0.05, 0) is 49.7 Å². The standard InChI is InChI=1S/C14H18N2OS/c1-4-13(15)11-5-7-12(8-6-11)18-14-16-9(2)10(3)17-14/h5-8,13H,4,15H2,1-3H3/t13-/m0/s1. The fourth-order valence-electron chi connectivity index (χ4n) is 1.61. The second-order valence-corrected chi connectivity index (χ2v) is 5.33. The number of aromatic nitrogens is 1. The van der Waals surface area contributed by atoms with Gasteiger partial charge in [-0.3, -0.25) is 0 Å². The molecular formula is C14H18N2OS. The van der Waals surface area contributed by atoms with Crippen LogP contribution in [0.15, 0.2) is 38.8 Å². The number of hydrogen-bond acceptors (Lipinski definition) is 4. The van der Waals surface area contributed by atoms with Crippen LogP contribution >= 0.6 is 11.8 Å². The smallest absolute Gasteiger partial charge is 0.260 e. The highest BCUT2D eigenvalue weighted by Crippen LogP contribution is 2.29. The first kappa shape index (κ1) is 13.2. The summed E-state index contributed by atoms with van der Waals surface area (Å²) in [7, 11) is 0. The van der Waals surface area contributed by atoms with E-state index in [1.165, 1.54) is 17.3 Å². The van der Waals surface area contributed by atoms with Crippen LogP contribution in [-0.2, 0) is 0 Å². The second kappa shape index (κ2) is 5.59. The van der Waals surface area contributed by atoms with Gasteiger partial charge in [-0.15, -0.1) is 0 Å². The molecule has 0 aliphatic carbocycles. The van der Waals surface area contributed by atoms with Crippen molar-refractivity contribution in [3.05, 3.63) is 41.3 Å². The molecule has 4 heteroatoms. The summed E-state index contributed by atoms with van der Waals surface area (Å²) >= 11 is 1.53. The van der Waals surface area contributed by atoms with E-state index in [-0.39, 0.29) is 6.04 Å². The number of nitrogens with zero attached hydrogens (tertiary/aromatic N) is 1. The first-order valence-electron chi connectivity index (χ1n) is 6.07. The Kier molecular flexibility index (Phi) is 4.09. The minimum absolute atomic E-state index is 0.121. The maximum Gasteiger partial charge on any atom is 0.260 e. The Balaban J connectivity index is 2.10. The summed E-state index contributed by atoms with van der Waals surface area (Å²) < 4.78 is 5.54. The number of nitrogens with two attached hydrogens (primary N) is 1. The summed E-state index contributed by atoms with van der Waals surface area (Å²) in [4.78, 5) is 5.46. The molecule has 0 radical (unpaired) electrons. The van der Waals surface area contributed by atoms with Gasteiger partial charge in [0.05, 0.1) is 5.69 Å². The average molecular weight is 262 g/mol. The third kappa shape index (κ3) is 2.94. The van der Waals surface area contributed by atoms with Gasteiger partial charge in [0.15, 0.2) is 0 Å². The van der Waals surface area contributed by atoms with Crippen molar-refractivity contribution in [2.75, 3.05) is 0 Å². The van der Waals surface area contributed by atoms with E-state index < -0.39 is 0 Å². The van der Waals surface area contributed by atoms with Crippen molar-refractivity contribution in [2.24, 2.45) is 5.73 Å². The molecule has 0 aliphatic heterocycles. The van der Waals surface area contributed by atoms with E-state index in [9.17, 15) is 0 Å². The van der Waals surface area contributed by atoms with Crippen LogP contribution in [0.25, 0.3) is 0 Å². The summed E-state index contributed by atoms with van der Waals surface area (Å²) in [6.45, 7) is 5.97. The van der Waals surface area contributed by atoms with Crippen molar-refractivity contribution < 1.29 is 4.42 Å². The Labute approximate surface area is 112 Å². The molecule has 18 heavy (non-hydrogen) atoms. The van der Waals surface area contributed by atoms with Gasteiger partial charge in [0.2, 0.25) is 0 Å². The summed E-state index contributed by atoms with van der Waals surface area (Å²) in [6, 6.07) is 8.38. The Hall–Kier alpha value is -1.26. The zero-order valence-corrected chi connectivity index (χ0v) is 11.8. The lowest BCUT2D eigenvalue weighted by atomic mass is 10.1. The van der Waals surface area contributed by atoms with Crippen molar-refractivity contribution in [1.29, 1.82) is 0 Å². The Morgan fingerprint density at radius 2 is 1.94 bits per heavy atom. The van der Waals surface area contributed by atoms with E-state index in [0.29, 0.717) is 5.22 Å². The molecule has 96 valence electrons. The molecule has 1 aromatic heterocycles. The summed E-state index contributed by atoms with van der Waals surface area (Å²) in [5.41, 5.74) is 8.10. The highest BCUT2D eigenvalue weighted by Gasteiger charge is 2.08. The van der Waals surface area contributed by atoms with Gasteiger partial charge < -0.3 is 10.2 Å². The molecule has 0 unspecified atom stereocenters. The molecule has 1 atom stereocenters. The van der Waals surface area contributed by atoms with E-state index >= 15 is 0 Å². The third-order valence-corrected chi connectivity index (χ3v) is 3.82. The van der Waals surface area contributed by atoms with Crippen LogP contribution < -0.4 is 5.73 Å². The predicted molar refractivity (Wildman–Crippen MR) is 73.8 cm³/mol. The van der Waals surface area contributed by atoms with Crippen molar-refractivity contribution in [2.45, 2.75) is 43.4 Å². The van der Waals surface area contributed by atoms with Gasteiger partial charge in [-0.25, -0.2) is 4.98 Å². The van der Waals surface area contributed by atoms with Gasteiger partial charge in [0.25, 0.3) is 5.22 Å². The van der Waals surface area contributed by atoms with Crippen molar-refractivity contribution >= 4 is 11.8 Å². The lowest BCUT2D eigenvalue weighted by Gasteiger charge is -2.08. The molecule has 0 amide bonds. The normalized spacial score (nSPS) is 12.7. The number of benzene rings is 1. The van der Waals surface area contributed by atoms with Crippen molar-refractivity contribution in [3.63, 3.8) is 0 Å². The average Bonchev–Trinajstić information content (AvgIpc) is 2.68. The molecule has 2 N–H and O–H groups in total. The molecule has 1 aromatic carbocycles. The lowest BCUT2D eigenvalue weighted by Crippen LogP contribution is -2.07. The highest BCUT2D eigenvalue weighted by molar-refractivity contribution is 7.99. The van der Waals surface area contributed by atoms with Gasteiger partial charge >= 0.3 is 0 Å². The van der Waals surface area contributed by atoms with Crippen LogP contribution in [0.5, 0.6) is 0 Å². The van der Waals surface area contributed by atoms with Crippen LogP contribution in [0.1, 0.15) is 36.4 Å². The zero-order chi connectivity index (χ0) is 13.1. The first-order chi connectivity index (χ1) is 8.60. The van der Waals surface area contributed by atoms with Crippen molar-refractivity contribution in [3.8, 4) is 0 Å². The molecular weight excluding hydrogens is 244 g/mol. The minimum atomic E-state index is 0.121. The fraction of sp³-hybridized carbons (Fsp3) is 0.357. The predicted octanol–water partition coefficient (Wildman–Crippen LogP) is 3.85. The molecule has 0 spiro atoms. The molecule has 2 aromatic rings. The number of hydrogen-bond donors (Lipinski definition) is 1.